The van der Waals surface area contributed by atoms with E-state index in [2.05, 4.69) is 31.7 Å². The molecule has 1 aliphatic rings. The molecule has 0 N–H and O–H groups in total. The monoisotopic (exact) mass is 157 g/mol. The largest absolute Gasteiger partial charge is 0.357 e. The van der Waals surface area contributed by atoms with Crippen molar-refractivity contribution in [3.8, 4) is 0 Å². The number of rotatable bonds is 0. The van der Waals surface area contributed by atoms with Crippen LogP contribution in [0.4, 0.5) is 0 Å². The van der Waals surface area contributed by atoms with Crippen LogP contribution in [0.5, 0.6) is 0 Å². The van der Waals surface area contributed by atoms with Crippen molar-refractivity contribution >= 4 is 17.7 Å². The lowest BCUT2D eigenvalue weighted by atomic mass is 9.87. The molecule has 1 aliphatic heterocycles. The van der Waals surface area contributed by atoms with E-state index >= 15 is 0 Å². The molecule has 0 atom stereocenters. The SMILES string of the molecule is CC(C)(C)N1CC=CB1Cl. The highest BCUT2D eigenvalue weighted by Gasteiger charge is 2.30. The van der Waals surface area contributed by atoms with Crippen LogP contribution in [-0.2, 0) is 0 Å². The van der Waals surface area contributed by atoms with Crippen molar-refractivity contribution in [2.24, 2.45) is 0 Å². The third-order valence-electron chi connectivity index (χ3n) is 1.76. The lowest BCUT2D eigenvalue weighted by Gasteiger charge is -2.33. The Morgan fingerprint density at radius 1 is 1.50 bits per heavy atom. The Hall–Kier alpha value is 0.0549. The van der Waals surface area contributed by atoms with Crippen molar-refractivity contribution in [1.82, 2.24) is 4.81 Å². The predicted octanol–water partition coefficient (Wildman–Crippen LogP) is 1.92. The molecule has 0 aromatic carbocycles. The number of nitrogens with zero attached hydrogens (tertiary/aromatic N) is 1. The van der Waals surface area contributed by atoms with Crippen LogP contribution in [0.15, 0.2) is 12.1 Å². The van der Waals surface area contributed by atoms with Gasteiger partial charge in [0.2, 0.25) is 0 Å². The molecule has 0 bridgehead atoms. The third-order valence-corrected chi connectivity index (χ3v) is 2.14. The zero-order valence-electron chi connectivity index (χ0n) is 6.76. The van der Waals surface area contributed by atoms with Crippen LogP contribution in [0.2, 0.25) is 0 Å². The van der Waals surface area contributed by atoms with E-state index in [1.54, 1.807) is 0 Å². The van der Waals surface area contributed by atoms with Gasteiger partial charge in [-0.15, -0.1) is 0 Å². The van der Waals surface area contributed by atoms with Crippen LogP contribution >= 0.6 is 11.5 Å². The average molecular weight is 157 g/mol. The van der Waals surface area contributed by atoms with E-state index in [-0.39, 0.29) is 11.8 Å². The van der Waals surface area contributed by atoms with Crippen molar-refractivity contribution in [1.29, 1.82) is 0 Å². The fraction of sp³-hybridized carbons (Fsp3) is 0.714. The van der Waals surface area contributed by atoms with Crippen LogP contribution in [-0.4, -0.2) is 23.2 Å². The van der Waals surface area contributed by atoms with E-state index < -0.39 is 0 Å². The Balaban J connectivity index is 2.60. The molecular weight excluding hydrogens is 144 g/mol. The Morgan fingerprint density at radius 2 is 2.10 bits per heavy atom. The van der Waals surface area contributed by atoms with Crippen molar-refractivity contribution in [2.45, 2.75) is 26.3 Å². The highest BCUT2D eigenvalue weighted by Crippen LogP contribution is 2.20. The van der Waals surface area contributed by atoms with E-state index in [9.17, 15) is 0 Å². The minimum Gasteiger partial charge on any atom is -0.317 e. The van der Waals surface area contributed by atoms with Gasteiger partial charge in [0.15, 0.2) is 0 Å². The molecule has 1 rings (SSSR count). The van der Waals surface area contributed by atoms with Gasteiger partial charge in [0, 0.05) is 12.1 Å². The maximum Gasteiger partial charge on any atom is 0.357 e. The maximum atomic E-state index is 6.00. The topological polar surface area (TPSA) is 3.24 Å². The normalized spacial score (nSPS) is 20.6. The molecule has 0 radical (unpaired) electrons. The van der Waals surface area contributed by atoms with Crippen LogP contribution < -0.4 is 0 Å². The van der Waals surface area contributed by atoms with Crippen LogP contribution in [0.1, 0.15) is 20.8 Å². The Bertz CT molecular complexity index is 150. The van der Waals surface area contributed by atoms with Crippen LogP contribution in [0, 0.1) is 0 Å². The van der Waals surface area contributed by atoms with Crippen LogP contribution in [0.25, 0.3) is 0 Å². The summed E-state index contributed by atoms with van der Waals surface area (Å²) in [4.78, 5) is 2.24. The standard InChI is InChI=1S/C7H13BClN/c1-7(2,3)10-6-4-5-8(10)9/h4-5H,6H2,1-3H3. The van der Waals surface area contributed by atoms with Gasteiger partial charge >= 0.3 is 6.26 Å². The van der Waals surface area contributed by atoms with E-state index in [1.165, 1.54) is 0 Å². The highest BCUT2D eigenvalue weighted by atomic mass is 35.5. The van der Waals surface area contributed by atoms with E-state index in [4.69, 9.17) is 11.5 Å². The first-order chi connectivity index (χ1) is 4.52. The third kappa shape index (κ3) is 1.56. The van der Waals surface area contributed by atoms with Gasteiger partial charge in [-0.2, -0.15) is 11.5 Å². The van der Waals surface area contributed by atoms with Gasteiger partial charge in [0.05, 0.1) is 0 Å². The first kappa shape index (κ1) is 8.15. The minimum atomic E-state index is 0.0972. The smallest absolute Gasteiger partial charge is 0.317 e. The molecule has 0 fully saturated rings. The highest BCUT2D eigenvalue weighted by molar-refractivity contribution is 7.08. The summed E-state index contributed by atoms with van der Waals surface area (Å²) in [6, 6.07) is 0. The summed E-state index contributed by atoms with van der Waals surface area (Å²) in [6.45, 7) is 7.51. The van der Waals surface area contributed by atoms with Gasteiger partial charge in [0.25, 0.3) is 0 Å². The van der Waals surface area contributed by atoms with Crippen molar-refractivity contribution in [2.75, 3.05) is 6.54 Å². The summed E-state index contributed by atoms with van der Waals surface area (Å²) in [5.41, 5.74) is 0.190. The molecule has 3 heteroatoms. The Labute approximate surface area is 68.1 Å². The summed E-state index contributed by atoms with van der Waals surface area (Å²) < 4.78 is 0. The van der Waals surface area contributed by atoms with Gasteiger partial charge in [-0.1, -0.05) is 12.1 Å². The minimum absolute atomic E-state index is 0.0972. The van der Waals surface area contributed by atoms with Crippen LogP contribution in [0.3, 0.4) is 0 Å². The van der Waals surface area contributed by atoms with Gasteiger partial charge in [0.1, 0.15) is 0 Å². The first-order valence-electron chi connectivity index (χ1n) is 3.59. The molecule has 0 saturated heterocycles. The molecule has 0 aromatic heterocycles. The van der Waals surface area contributed by atoms with Gasteiger partial charge in [-0.25, -0.2) is 0 Å². The second-order valence-corrected chi connectivity index (χ2v) is 4.07. The molecule has 0 aromatic rings. The second-order valence-electron chi connectivity index (χ2n) is 3.62. The first-order valence-corrected chi connectivity index (χ1v) is 4.03. The van der Waals surface area contributed by atoms with Gasteiger partial charge < -0.3 is 4.81 Å². The molecule has 0 spiro atoms. The number of halogens is 1. The summed E-state index contributed by atoms with van der Waals surface area (Å²) in [5.74, 6) is 2.03. The Morgan fingerprint density at radius 3 is 2.30 bits per heavy atom. The lowest BCUT2D eigenvalue weighted by Crippen LogP contribution is -2.45. The average Bonchev–Trinajstić information content (AvgIpc) is 2.11. The van der Waals surface area contributed by atoms with Gasteiger partial charge in [-0.05, 0) is 20.8 Å². The van der Waals surface area contributed by atoms with Crippen molar-refractivity contribution in [3.63, 3.8) is 0 Å². The molecule has 0 amide bonds. The summed E-state index contributed by atoms with van der Waals surface area (Å²) >= 11 is 6.00. The predicted molar refractivity (Wildman–Crippen MR) is 47.2 cm³/mol. The summed E-state index contributed by atoms with van der Waals surface area (Å²) in [7, 11) is 0. The fourth-order valence-corrected chi connectivity index (χ4v) is 1.61. The summed E-state index contributed by atoms with van der Waals surface area (Å²) in [6.07, 6.45) is 2.21. The molecule has 1 nitrogen and oxygen atoms in total. The van der Waals surface area contributed by atoms with E-state index in [0.717, 1.165) is 6.54 Å². The molecule has 0 aliphatic carbocycles. The molecule has 56 valence electrons. The quantitative estimate of drug-likeness (QED) is 0.486. The van der Waals surface area contributed by atoms with Crippen molar-refractivity contribution in [3.05, 3.63) is 12.1 Å². The zero-order chi connectivity index (χ0) is 7.78. The Kier molecular flexibility index (Phi) is 2.11. The van der Waals surface area contributed by atoms with E-state index in [0.29, 0.717) is 0 Å². The molecule has 0 unspecified atom stereocenters. The fourth-order valence-electron chi connectivity index (χ4n) is 1.14. The van der Waals surface area contributed by atoms with E-state index in [1.807, 2.05) is 5.98 Å². The second kappa shape index (κ2) is 2.59. The number of hydrogen-bond acceptors (Lipinski definition) is 1. The number of hydrogen-bond donors (Lipinski definition) is 0. The molecule has 10 heavy (non-hydrogen) atoms. The maximum absolute atomic E-state index is 6.00. The molecule has 0 saturated carbocycles. The molecular formula is C7H13BClN. The lowest BCUT2D eigenvalue weighted by molar-refractivity contribution is 0.280. The zero-order valence-corrected chi connectivity index (χ0v) is 7.52. The van der Waals surface area contributed by atoms with Crippen molar-refractivity contribution < 1.29 is 0 Å². The van der Waals surface area contributed by atoms with Gasteiger partial charge in [-0.3, -0.25) is 0 Å². The summed E-state index contributed by atoms with van der Waals surface area (Å²) in [5, 5.41) is 0. The molecule has 1 heterocycles.